The summed E-state index contributed by atoms with van der Waals surface area (Å²) in [6.45, 7) is 9.18. The van der Waals surface area contributed by atoms with Gasteiger partial charge in [0.15, 0.2) is 0 Å². The van der Waals surface area contributed by atoms with Gasteiger partial charge in [-0.1, -0.05) is 54.2 Å². The lowest BCUT2D eigenvalue weighted by molar-refractivity contribution is -0.128. The van der Waals surface area contributed by atoms with Crippen LogP contribution in [0.5, 0.6) is 0 Å². The van der Waals surface area contributed by atoms with Crippen molar-refractivity contribution in [1.82, 2.24) is 5.32 Å². The fourth-order valence-electron chi connectivity index (χ4n) is 3.00. The van der Waals surface area contributed by atoms with E-state index in [1.54, 1.807) is 0 Å². The summed E-state index contributed by atoms with van der Waals surface area (Å²) >= 11 is 0. The molecular weight excluding hydrogens is 294 g/mol. The second kappa shape index (κ2) is 8.14. The van der Waals surface area contributed by atoms with Crippen LogP contribution in [-0.2, 0) is 10.2 Å². The number of amides is 1. The Morgan fingerprint density at radius 2 is 1.88 bits per heavy atom. The molecule has 24 heavy (non-hydrogen) atoms. The molecule has 1 atom stereocenters. The van der Waals surface area contributed by atoms with Gasteiger partial charge in [-0.25, -0.2) is 0 Å². The third-order valence-corrected chi connectivity index (χ3v) is 4.97. The summed E-state index contributed by atoms with van der Waals surface area (Å²) < 4.78 is 0. The molecule has 0 saturated carbocycles. The van der Waals surface area contributed by atoms with E-state index in [2.05, 4.69) is 74.7 Å². The number of hydrogen-bond donors (Lipinski definition) is 1. The average Bonchev–Trinajstić information content (AvgIpc) is 2.81. The third kappa shape index (κ3) is 4.47. The Balaban J connectivity index is 0.000000219. The van der Waals surface area contributed by atoms with Gasteiger partial charge >= 0.3 is 0 Å². The normalized spacial score (nSPS) is 22.8. The highest BCUT2D eigenvalue weighted by Gasteiger charge is 2.37. The molecule has 1 aliphatic heterocycles. The van der Waals surface area contributed by atoms with Crippen LogP contribution in [0.1, 0.15) is 49.8 Å². The molecule has 0 spiro atoms. The molecule has 0 radical (unpaired) electrons. The molecule has 1 N–H and O–H groups in total. The van der Waals surface area contributed by atoms with Gasteiger partial charge in [-0.05, 0) is 63.6 Å². The van der Waals surface area contributed by atoms with Gasteiger partial charge < -0.3 is 5.32 Å². The number of piperidine rings is 1. The van der Waals surface area contributed by atoms with Crippen LogP contribution in [0.2, 0.25) is 0 Å². The van der Waals surface area contributed by atoms with Crippen LogP contribution >= 0.6 is 0 Å². The number of hydrogen-bond acceptors (Lipinski definition) is 1. The molecule has 1 aliphatic carbocycles. The maximum Gasteiger partial charge on any atom is 0.230 e. The summed E-state index contributed by atoms with van der Waals surface area (Å²) in [5, 5.41) is 2.97. The first-order valence-corrected chi connectivity index (χ1v) is 8.79. The first-order valence-electron chi connectivity index (χ1n) is 8.79. The van der Waals surface area contributed by atoms with E-state index in [1.165, 1.54) is 16.7 Å². The summed E-state index contributed by atoms with van der Waals surface area (Å²) in [7, 11) is 0. The van der Waals surface area contributed by atoms with Crippen molar-refractivity contribution < 1.29 is 4.79 Å². The number of carbonyl (C=O) groups is 1. The Hall–Kier alpha value is -2.09. The van der Waals surface area contributed by atoms with Gasteiger partial charge in [0.2, 0.25) is 5.91 Å². The number of carbonyl (C=O) groups excluding carboxylic acids is 1. The molecule has 1 saturated heterocycles. The Kier molecular flexibility index (Phi) is 6.19. The monoisotopic (exact) mass is 323 g/mol. The zero-order chi connectivity index (χ0) is 17.6. The number of allylic oxidation sites excluding steroid dienone is 6. The lowest BCUT2D eigenvalue weighted by atomic mass is 9.75. The summed E-state index contributed by atoms with van der Waals surface area (Å²) in [4.78, 5) is 12.0. The second-order valence-corrected chi connectivity index (χ2v) is 6.96. The molecule has 2 heteroatoms. The van der Waals surface area contributed by atoms with E-state index in [0.717, 1.165) is 31.4 Å². The number of rotatable bonds is 1. The highest BCUT2D eigenvalue weighted by molar-refractivity contribution is 5.88. The molecule has 128 valence electrons. The van der Waals surface area contributed by atoms with E-state index in [-0.39, 0.29) is 11.3 Å². The Bertz CT molecular complexity index is 678. The lowest BCUT2D eigenvalue weighted by Gasteiger charge is -2.33. The lowest BCUT2D eigenvalue weighted by Crippen LogP contribution is -2.47. The maximum atomic E-state index is 12.0. The fourth-order valence-corrected chi connectivity index (χ4v) is 3.00. The molecule has 1 unspecified atom stereocenters. The number of nitrogens with one attached hydrogen (secondary N) is 1. The number of aryl methyl sites for hydroxylation is 2. The fraction of sp³-hybridized carbons (Fsp3) is 0.409. The van der Waals surface area contributed by atoms with Crippen molar-refractivity contribution in [1.29, 1.82) is 0 Å². The SMILES string of the molecule is CC1=CCC=CC=C1.Cc1ccc(C2(C)CCCNC2=O)cc1C. The van der Waals surface area contributed by atoms with Crippen LogP contribution in [0.3, 0.4) is 0 Å². The van der Waals surface area contributed by atoms with Crippen molar-refractivity contribution >= 4 is 5.91 Å². The van der Waals surface area contributed by atoms with E-state index in [4.69, 9.17) is 0 Å². The molecule has 2 nitrogen and oxygen atoms in total. The first-order chi connectivity index (χ1) is 11.4. The van der Waals surface area contributed by atoms with Crippen molar-refractivity contribution in [3.8, 4) is 0 Å². The Morgan fingerprint density at radius 1 is 1.08 bits per heavy atom. The quantitative estimate of drug-likeness (QED) is 0.781. The van der Waals surface area contributed by atoms with E-state index in [1.807, 2.05) is 6.92 Å². The molecule has 1 heterocycles. The van der Waals surface area contributed by atoms with E-state index >= 15 is 0 Å². The van der Waals surface area contributed by atoms with Crippen LogP contribution in [0.25, 0.3) is 0 Å². The van der Waals surface area contributed by atoms with Crippen molar-refractivity contribution in [2.75, 3.05) is 6.54 Å². The minimum atomic E-state index is -0.337. The molecule has 1 aromatic carbocycles. The van der Waals surface area contributed by atoms with Crippen LogP contribution in [-0.4, -0.2) is 12.5 Å². The van der Waals surface area contributed by atoms with Crippen molar-refractivity contribution in [2.45, 2.75) is 52.4 Å². The van der Waals surface area contributed by atoms with Crippen molar-refractivity contribution in [3.63, 3.8) is 0 Å². The zero-order valence-corrected chi connectivity index (χ0v) is 15.4. The van der Waals surface area contributed by atoms with Gasteiger partial charge in [-0.3, -0.25) is 4.79 Å². The maximum absolute atomic E-state index is 12.0. The van der Waals surface area contributed by atoms with Crippen LogP contribution in [0.15, 0.2) is 54.2 Å². The second-order valence-electron chi connectivity index (χ2n) is 6.96. The highest BCUT2D eigenvalue weighted by Crippen LogP contribution is 2.32. The molecule has 1 aromatic rings. The third-order valence-electron chi connectivity index (χ3n) is 4.97. The van der Waals surface area contributed by atoms with Crippen molar-refractivity contribution in [2.24, 2.45) is 0 Å². The molecule has 1 fully saturated rings. The molecule has 2 aliphatic rings. The van der Waals surface area contributed by atoms with E-state index in [9.17, 15) is 4.79 Å². The summed E-state index contributed by atoms with van der Waals surface area (Å²) in [5.74, 6) is 0.169. The highest BCUT2D eigenvalue weighted by atomic mass is 16.2. The van der Waals surface area contributed by atoms with Gasteiger partial charge in [-0.2, -0.15) is 0 Å². The molecule has 0 bridgehead atoms. The van der Waals surface area contributed by atoms with Gasteiger partial charge in [0, 0.05) is 6.54 Å². The number of benzene rings is 1. The van der Waals surface area contributed by atoms with E-state index < -0.39 is 0 Å². The largest absolute Gasteiger partial charge is 0.355 e. The van der Waals surface area contributed by atoms with Gasteiger partial charge in [-0.15, -0.1) is 0 Å². The minimum Gasteiger partial charge on any atom is -0.355 e. The molecule has 0 aromatic heterocycles. The van der Waals surface area contributed by atoms with Crippen LogP contribution < -0.4 is 5.32 Å². The average molecular weight is 323 g/mol. The topological polar surface area (TPSA) is 29.1 Å². The Labute approximate surface area is 146 Å². The smallest absolute Gasteiger partial charge is 0.230 e. The summed E-state index contributed by atoms with van der Waals surface area (Å²) in [6.07, 6.45) is 13.7. The van der Waals surface area contributed by atoms with Gasteiger partial charge in [0.1, 0.15) is 0 Å². The molecular formula is C22H29NO. The summed E-state index contributed by atoms with van der Waals surface area (Å²) in [6, 6.07) is 6.35. The molecule has 3 rings (SSSR count). The van der Waals surface area contributed by atoms with Gasteiger partial charge in [0.25, 0.3) is 0 Å². The Morgan fingerprint density at radius 3 is 2.58 bits per heavy atom. The minimum absolute atomic E-state index is 0.169. The molecule has 1 amide bonds. The van der Waals surface area contributed by atoms with Gasteiger partial charge in [0.05, 0.1) is 5.41 Å². The van der Waals surface area contributed by atoms with Crippen molar-refractivity contribution in [3.05, 3.63) is 70.8 Å². The zero-order valence-electron chi connectivity index (χ0n) is 15.4. The predicted molar refractivity (Wildman–Crippen MR) is 102 cm³/mol. The van der Waals surface area contributed by atoms with Crippen LogP contribution in [0.4, 0.5) is 0 Å². The first kappa shape index (κ1) is 18.3. The van der Waals surface area contributed by atoms with E-state index in [0.29, 0.717) is 0 Å². The summed E-state index contributed by atoms with van der Waals surface area (Å²) in [5.41, 5.74) is 4.71. The predicted octanol–water partition coefficient (Wildman–Crippen LogP) is 4.92. The van der Waals surface area contributed by atoms with Crippen LogP contribution in [0, 0.1) is 13.8 Å². The standard InChI is InChI=1S/C14H19NO.C8H10/c1-10-5-6-12(9-11(10)2)14(3)7-4-8-15-13(14)16;1-8-6-4-2-3-5-7-8/h5-6,9H,4,7-8H2,1-3H3,(H,15,16);2-4,6-7H,5H2,1H3.